The third kappa shape index (κ3) is 10.00. The van der Waals surface area contributed by atoms with E-state index in [2.05, 4.69) is 33.6 Å². The van der Waals surface area contributed by atoms with Gasteiger partial charge < -0.3 is 5.43 Å². The monoisotopic (exact) mass is 332 g/mol. The maximum atomic E-state index is 5.03. The molecule has 0 spiro atoms. The highest BCUT2D eigenvalue weighted by atomic mass is 33.1. The van der Waals surface area contributed by atoms with Crippen LogP contribution < -0.4 is 16.3 Å². The second-order valence-electron chi connectivity index (χ2n) is 1.95. The first-order valence-electron chi connectivity index (χ1n) is 3.94. The van der Waals surface area contributed by atoms with Gasteiger partial charge in [0.2, 0.25) is 0 Å². The molecule has 0 radical (unpaired) electrons. The number of rotatable bonds is 6. The first-order valence-corrected chi connectivity index (χ1v) is 9.35. The molecule has 0 fully saturated rings. The summed E-state index contributed by atoms with van der Waals surface area (Å²) in [6.45, 7) is 0. The third-order valence-corrected chi connectivity index (χ3v) is 6.31. The van der Waals surface area contributed by atoms with Gasteiger partial charge in [-0.2, -0.15) is 5.10 Å². The standard InChI is InChI=1S/C6H12N4S6/c1-7-9-5(12)14-4-15-16-6(13-2)10-8-3-11/h3,7H,4H2,1-2H3,(H,8,11)(H,9,12)/b10-6+. The highest BCUT2D eigenvalue weighted by Crippen LogP contribution is 2.30. The first-order chi connectivity index (χ1) is 7.74. The van der Waals surface area contributed by atoms with Crippen LogP contribution in [0.3, 0.4) is 0 Å². The van der Waals surface area contributed by atoms with Gasteiger partial charge in [0.25, 0.3) is 0 Å². The summed E-state index contributed by atoms with van der Waals surface area (Å²) >= 11 is 12.8. The van der Waals surface area contributed by atoms with E-state index < -0.39 is 0 Å². The van der Waals surface area contributed by atoms with E-state index in [0.717, 1.165) is 13.8 Å². The fourth-order valence-corrected chi connectivity index (χ4v) is 4.98. The van der Waals surface area contributed by atoms with E-state index in [1.807, 2.05) is 6.26 Å². The average Bonchev–Trinajstić information content (AvgIpc) is 2.28. The molecule has 0 bridgehead atoms. The number of nitrogens with one attached hydrogen (secondary N) is 3. The lowest BCUT2D eigenvalue weighted by atomic mass is 11.4. The highest BCUT2D eigenvalue weighted by molar-refractivity contribution is 8.87. The number of thioether (sulfide) groups is 2. The van der Waals surface area contributed by atoms with Gasteiger partial charge >= 0.3 is 0 Å². The van der Waals surface area contributed by atoms with Crippen molar-refractivity contribution in [2.24, 2.45) is 5.10 Å². The van der Waals surface area contributed by atoms with Crippen LogP contribution in [0.2, 0.25) is 0 Å². The maximum absolute atomic E-state index is 5.03. The normalized spacial score (nSPS) is 11.0. The quantitative estimate of drug-likeness (QED) is 0.129. The second-order valence-corrected chi connectivity index (χ2v) is 7.55. The van der Waals surface area contributed by atoms with Gasteiger partial charge in [-0.05, 0) is 17.0 Å². The molecule has 0 aromatic carbocycles. The van der Waals surface area contributed by atoms with Crippen molar-refractivity contribution in [2.75, 3.05) is 18.4 Å². The highest BCUT2D eigenvalue weighted by Gasteiger charge is 2.01. The second kappa shape index (κ2) is 12.3. The van der Waals surface area contributed by atoms with E-state index in [-0.39, 0.29) is 0 Å². The average molecular weight is 333 g/mol. The number of hydrazone groups is 1. The molecule has 0 atom stereocenters. The molecule has 0 saturated heterocycles. The molecule has 0 aromatic heterocycles. The van der Waals surface area contributed by atoms with Crippen LogP contribution in [-0.4, -0.2) is 32.6 Å². The van der Waals surface area contributed by atoms with Crippen molar-refractivity contribution >= 4 is 83.7 Å². The van der Waals surface area contributed by atoms with Crippen LogP contribution in [0.4, 0.5) is 0 Å². The number of nitrogens with zero attached hydrogens (tertiary/aromatic N) is 1. The Morgan fingerprint density at radius 2 is 2.25 bits per heavy atom. The Kier molecular flexibility index (Phi) is 12.9. The van der Waals surface area contributed by atoms with Gasteiger partial charge in [0, 0.05) is 7.05 Å². The zero-order valence-corrected chi connectivity index (χ0v) is 13.6. The van der Waals surface area contributed by atoms with Crippen molar-refractivity contribution in [3.05, 3.63) is 0 Å². The van der Waals surface area contributed by atoms with E-state index in [1.54, 1.807) is 52.2 Å². The predicted molar refractivity (Wildman–Crippen MR) is 90.2 cm³/mol. The number of hydrogen-bond donors (Lipinski definition) is 3. The van der Waals surface area contributed by atoms with E-state index >= 15 is 0 Å². The molecular formula is C6H12N4S6. The summed E-state index contributed by atoms with van der Waals surface area (Å²) in [5.74, 6) is 0. The van der Waals surface area contributed by atoms with Gasteiger partial charge in [-0.15, -0.1) is 11.8 Å². The lowest BCUT2D eigenvalue weighted by molar-refractivity contribution is 0.786. The summed E-state index contributed by atoms with van der Waals surface area (Å²) in [5, 5.41) is 4.91. The molecule has 92 valence electrons. The summed E-state index contributed by atoms with van der Waals surface area (Å²) in [6, 6.07) is 0. The van der Waals surface area contributed by atoms with Crippen LogP contribution in [-0.2, 0) is 0 Å². The molecule has 0 unspecified atom stereocenters. The summed E-state index contributed by atoms with van der Waals surface area (Å²) in [7, 11) is 5.05. The maximum Gasteiger partial charge on any atom is 0.160 e. The van der Waals surface area contributed by atoms with Crippen molar-refractivity contribution in [3.8, 4) is 0 Å². The van der Waals surface area contributed by atoms with Gasteiger partial charge in [-0.1, -0.05) is 47.0 Å². The zero-order chi connectivity index (χ0) is 12.2. The predicted octanol–water partition coefficient (Wildman–Crippen LogP) is 2.25. The van der Waals surface area contributed by atoms with Gasteiger partial charge in [-0.3, -0.25) is 5.43 Å². The number of thiocarbonyl (C=S) groups is 2. The van der Waals surface area contributed by atoms with Crippen LogP contribution in [0.15, 0.2) is 5.10 Å². The van der Waals surface area contributed by atoms with Gasteiger partial charge in [0.1, 0.15) is 4.32 Å². The summed E-state index contributed by atoms with van der Waals surface area (Å²) in [6.07, 6.45) is 1.97. The lowest BCUT2D eigenvalue weighted by Crippen LogP contribution is -2.30. The Bertz CT molecular complexity index is 245. The molecule has 0 aliphatic heterocycles. The lowest BCUT2D eigenvalue weighted by Gasteiger charge is -2.04. The van der Waals surface area contributed by atoms with Crippen LogP contribution >= 0.6 is 69.5 Å². The fourth-order valence-electron chi connectivity index (χ4n) is 0.468. The number of hydrogen-bond acceptors (Lipinski definition) is 8. The zero-order valence-electron chi connectivity index (χ0n) is 8.68. The van der Waals surface area contributed by atoms with E-state index in [9.17, 15) is 0 Å². The van der Waals surface area contributed by atoms with E-state index in [1.165, 1.54) is 5.49 Å². The Morgan fingerprint density at radius 3 is 2.81 bits per heavy atom. The van der Waals surface area contributed by atoms with Crippen LogP contribution in [0.5, 0.6) is 0 Å². The first kappa shape index (κ1) is 16.8. The number of hydrazine groups is 1. The smallest absolute Gasteiger partial charge is 0.160 e. The summed E-state index contributed by atoms with van der Waals surface area (Å²) in [4.78, 5) is 0. The topological polar surface area (TPSA) is 48.5 Å². The minimum atomic E-state index is 0.732. The molecule has 10 heteroatoms. The van der Waals surface area contributed by atoms with E-state index in [0.29, 0.717) is 0 Å². The van der Waals surface area contributed by atoms with Crippen molar-refractivity contribution in [2.45, 2.75) is 0 Å². The Balaban J connectivity index is 3.62. The minimum Gasteiger partial charge on any atom is -0.307 e. The van der Waals surface area contributed by atoms with Crippen LogP contribution in [0.25, 0.3) is 0 Å². The Labute approximate surface area is 123 Å². The van der Waals surface area contributed by atoms with Gasteiger partial charge in [0.05, 0.1) is 10.6 Å². The summed E-state index contributed by atoms with van der Waals surface area (Å²) < 4.78 is 1.66. The molecule has 0 saturated carbocycles. The van der Waals surface area contributed by atoms with Crippen molar-refractivity contribution in [1.82, 2.24) is 16.3 Å². The third-order valence-electron chi connectivity index (χ3n) is 0.979. The molecule has 0 rings (SSSR count). The molecule has 0 amide bonds. The largest absolute Gasteiger partial charge is 0.307 e. The molecule has 0 aliphatic carbocycles. The fraction of sp³-hybridized carbons (Fsp3) is 0.500. The molecule has 0 aliphatic rings. The molecule has 16 heavy (non-hydrogen) atoms. The van der Waals surface area contributed by atoms with Gasteiger partial charge in [-0.25, -0.2) is 5.43 Å². The Hall–Kier alpha value is 0.810. The van der Waals surface area contributed by atoms with Crippen LogP contribution in [0, 0.1) is 0 Å². The van der Waals surface area contributed by atoms with Crippen LogP contribution in [0.1, 0.15) is 0 Å². The molecular weight excluding hydrogens is 320 g/mol. The molecule has 3 N–H and O–H groups in total. The SMILES string of the molecule is CNNC(=S)SCSS/C(=N/NC=S)SC. The molecule has 0 heterocycles. The molecule has 0 aromatic rings. The Morgan fingerprint density at radius 1 is 1.50 bits per heavy atom. The summed E-state index contributed by atoms with van der Waals surface area (Å²) in [5.41, 5.74) is 9.63. The minimum absolute atomic E-state index is 0.732. The van der Waals surface area contributed by atoms with Crippen molar-refractivity contribution in [1.29, 1.82) is 0 Å². The van der Waals surface area contributed by atoms with Crippen molar-refractivity contribution < 1.29 is 0 Å². The van der Waals surface area contributed by atoms with Crippen molar-refractivity contribution in [3.63, 3.8) is 0 Å². The molecule has 4 nitrogen and oxygen atoms in total. The van der Waals surface area contributed by atoms with E-state index in [4.69, 9.17) is 12.2 Å². The van der Waals surface area contributed by atoms with Gasteiger partial charge in [0.15, 0.2) is 4.38 Å².